The van der Waals surface area contributed by atoms with Crippen molar-refractivity contribution in [3.05, 3.63) is 18.1 Å². The first-order chi connectivity index (χ1) is 13.1. The van der Waals surface area contributed by atoms with Gasteiger partial charge in [0.1, 0.15) is 12.1 Å². The van der Waals surface area contributed by atoms with E-state index < -0.39 is 0 Å². The summed E-state index contributed by atoms with van der Waals surface area (Å²) in [5.41, 5.74) is 1.32. The molecule has 4 heterocycles. The summed E-state index contributed by atoms with van der Waals surface area (Å²) >= 11 is 0. The van der Waals surface area contributed by atoms with Gasteiger partial charge in [0, 0.05) is 64.6 Å². The lowest BCUT2D eigenvalue weighted by atomic mass is 9.71. The lowest BCUT2D eigenvalue weighted by molar-refractivity contribution is 0.0760. The molecule has 2 aliphatic rings. The zero-order valence-corrected chi connectivity index (χ0v) is 16.6. The van der Waals surface area contributed by atoms with Gasteiger partial charge >= 0.3 is 0 Å². The maximum atomic E-state index is 5.58. The Hall–Kier alpha value is -1.77. The molecule has 2 aliphatic heterocycles. The van der Waals surface area contributed by atoms with E-state index in [1.165, 1.54) is 12.8 Å². The Morgan fingerprint density at radius 1 is 1.22 bits per heavy atom. The van der Waals surface area contributed by atoms with Gasteiger partial charge in [-0.25, -0.2) is 4.98 Å². The summed E-state index contributed by atoms with van der Waals surface area (Å²) in [6, 6.07) is 2.12. The average Bonchev–Trinajstić information content (AvgIpc) is 3.26. The second-order valence-electron chi connectivity index (χ2n) is 7.96. The highest BCUT2D eigenvalue weighted by Crippen LogP contribution is 2.45. The number of likely N-dealkylation sites (tertiary alicyclic amines) is 1. The normalized spacial score (nSPS) is 22.9. The van der Waals surface area contributed by atoms with Crippen LogP contribution in [-0.4, -0.2) is 84.6 Å². The number of hydrogen-bond donors (Lipinski definition) is 0. The number of piperidine rings is 1. The van der Waals surface area contributed by atoms with Crippen molar-refractivity contribution in [1.82, 2.24) is 24.5 Å². The molecule has 1 atom stereocenters. The van der Waals surface area contributed by atoms with E-state index in [0.717, 1.165) is 57.4 Å². The van der Waals surface area contributed by atoms with Crippen molar-refractivity contribution < 1.29 is 9.47 Å². The molecule has 2 saturated heterocycles. The summed E-state index contributed by atoms with van der Waals surface area (Å²) < 4.78 is 12.7. The Morgan fingerprint density at radius 2 is 2.04 bits per heavy atom. The maximum Gasteiger partial charge on any atom is 0.254 e. The van der Waals surface area contributed by atoms with Crippen molar-refractivity contribution in [3.63, 3.8) is 0 Å². The van der Waals surface area contributed by atoms with Crippen LogP contribution in [0.2, 0.25) is 0 Å². The summed E-state index contributed by atoms with van der Waals surface area (Å²) in [5.74, 6) is 2.36. The molecule has 2 aromatic rings. The number of aryl methyl sites for hydroxylation is 1. The minimum atomic E-state index is 0.337. The van der Waals surface area contributed by atoms with Crippen LogP contribution in [0.1, 0.15) is 18.5 Å². The van der Waals surface area contributed by atoms with Crippen LogP contribution in [0, 0.1) is 18.3 Å². The average molecular weight is 374 g/mol. The number of ether oxygens (including phenoxy) is 2. The molecule has 0 amide bonds. The maximum absolute atomic E-state index is 5.58. The SMILES string of the molecule is COCCN1CC(COC)C2(CCN(c3cc(C)nc4ncnn34)CC2)C1. The number of rotatable bonds is 6. The number of anilines is 1. The summed E-state index contributed by atoms with van der Waals surface area (Å²) in [5, 5.41) is 4.37. The lowest BCUT2D eigenvalue weighted by Gasteiger charge is -2.43. The monoisotopic (exact) mass is 374 g/mol. The van der Waals surface area contributed by atoms with E-state index in [4.69, 9.17) is 9.47 Å². The van der Waals surface area contributed by atoms with Crippen LogP contribution in [0.5, 0.6) is 0 Å². The molecule has 0 bridgehead atoms. The molecule has 0 saturated carbocycles. The zero-order valence-electron chi connectivity index (χ0n) is 16.6. The molecule has 27 heavy (non-hydrogen) atoms. The highest BCUT2D eigenvalue weighted by molar-refractivity contribution is 5.47. The zero-order chi connectivity index (χ0) is 18.9. The fourth-order valence-electron chi connectivity index (χ4n) is 4.85. The predicted molar refractivity (Wildman–Crippen MR) is 103 cm³/mol. The second kappa shape index (κ2) is 7.69. The second-order valence-corrected chi connectivity index (χ2v) is 7.96. The van der Waals surface area contributed by atoms with E-state index in [-0.39, 0.29) is 0 Å². The smallest absolute Gasteiger partial charge is 0.254 e. The Kier molecular flexibility index (Phi) is 5.29. The number of fused-ring (bicyclic) bond motifs is 1. The van der Waals surface area contributed by atoms with Gasteiger partial charge in [-0.15, -0.1) is 0 Å². The molecule has 2 fully saturated rings. The van der Waals surface area contributed by atoms with Crippen LogP contribution < -0.4 is 4.90 Å². The molecule has 0 radical (unpaired) electrons. The van der Waals surface area contributed by atoms with Gasteiger partial charge in [-0.3, -0.25) is 0 Å². The molecule has 8 heteroatoms. The van der Waals surface area contributed by atoms with Gasteiger partial charge in [-0.2, -0.15) is 14.6 Å². The van der Waals surface area contributed by atoms with Gasteiger partial charge in [0.15, 0.2) is 0 Å². The summed E-state index contributed by atoms with van der Waals surface area (Å²) in [4.78, 5) is 13.7. The van der Waals surface area contributed by atoms with Crippen molar-refractivity contribution in [2.45, 2.75) is 19.8 Å². The molecule has 2 aromatic heterocycles. The third-order valence-electron chi connectivity index (χ3n) is 6.31. The molecule has 0 N–H and O–H groups in total. The van der Waals surface area contributed by atoms with Crippen molar-refractivity contribution >= 4 is 11.6 Å². The van der Waals surface area contributed by atoms with E-state index in [0.29, 0.717) is 17.1 Å². The van der Waals surface area contributed by atoms with E-state index in [1.54, 1.807) is 13.4 Å². The van der Waals surface area contributed by atoms with Crippen LogP contribution in [0.3, 0.4) is 0 Å². The standard InChI is InChI=1S/C19H30N6O2/c1-15-10-17(25-18(22-15)20-14-21-25)24-6-4-19(5-7-24)13-23(8-9-26-2)11-16(19)12-27-3/h10,14,16H,4-9,11-13H2,1-3H3. The Morgan fingerprint density at radius 3 is 2.78 bits per heavy atom. The molecule has 0 aliphatic carbocycles. The summed E-state index contributed by atoms with van der Waals surface area (Å²) in [7, 11) is 3.60. The fraction of sp³-hybridized carbons (Fsp3) is 0.737. The van der Waals surface area contributed by atoms with Crippen LogP contribution in [0.25, 0.3) is 5.78 Å². The van der Waals surface area contributed by atoms with Gasteiger partial charge in [0.05, 0.1) is 13.2 Å². The Bertz CT molecular complexity index is 771. The third kappa shape index (κ3) is 3.53. The van der Waals surface area contributed by atoms with E-state index in [2.05, 4.69) is 30.9 Å². The molecule has 0 aromatic carbocycles. The quantitative estimate of drug-likeness (QED) is 0.754. The Labute approximate surface area is 160 Å². The van der Waals surface area contributed by atoms with Crippen LogP contribution >= 0.6 is 0 Å². The molecule has 1 spiro atoms. The number of aromatic nitrogens is 4. The molecule has 1 unspecified atom stereocenters. The third-order valence-corrected chi connectivity index (χ3v) is 6.31. The fourth-order valence-corrected chi connectivity index (χ4v) is 4.85. The first-order valence-corrected chi connectivity index (χ1v) is 9.78. The molecule has 148 valence electrons. The van der Waals surface area contributed by atoms with Crippen molar-refractivity contribution in [2.75, 3.05) is 65.1 Å². The highest BCUT2D eigenvalue weighted by atomic mass is 16.5. The number of hydrogen-bond acceptors (Lipinski definition) is 7. The van der Waals surface area contributed by atoms with Gasteiger partial charge in [-0.1, -0.05) is 0 Å². The van der Waals surface area contributed by atoms with Crippen LogP contribution in [0.4, 0.5) is 5.82 Å². The van der Waals surface area contributed by atoms with Gasteiger partial charge in [0.25, 0.3) is 5.78 Å². The lowest BCUT2D eigenvalue weighted by Crippen LogP contribution is -2.46. The van der Waals surface area contributed by atoms with E-state index in [9.17, 15) is 0 Å². The van der Waals surface area contributed by atoms with Crippen molar-refractivity contribution in [2.24, 2.45) is 11.3 Å². The van der Waals surface area contributed by atoms with E-state index in [1.807, 2.05) is 18.5 Å². The van der Waals surface area contributed by atoms with Gasteiger partial charge < -0.3 is 19.3 Å². The highest BCUT2D eigenvalue weighted by Gasteiger charge is 2.47. The predicted octanol–water partition coefficient (Wildman–Crippen LogP) is 1.24. The number of methoxy groups -OCH3 is 2. The van der Waals surface area contributed by atoms with E-state index >= 15 is 0 Å². The van der Waals surface area contributed by atoms with Gasteiger partial charge in [-0.05, 0) is 25.2 Å². The summed E-state index contributed by atoms with van der Waals surface area (Å²) in [6.45, 7) is 8.96. The molecule has 8 nitrogen and oxygen atoms in total. The Balaban J connectivity index is 1.50. The molecular formula is C19H30N6O2. The van der Waals surface area contributed by atoms with Crippen molar-refractivity contribution in [1.29, 1.82) is 0 Å². The summed E-state index contributed by atoms with van der Waals surface area (Å²) in [6.07, 6.45) is 3.92. The molecule has 4 rings (SSSR count). The first kappa shape index (κ1) is 18.6. The number of nitrogens with zero attached hydrogens (tertiary/aromatic N) is 6. The largest absolute Gasteiger partial charge is 0.384 e. The minimum Gasteiger partial charge on any atom is -0.384 e. The topological polar surface area (TPSA) is 68.0 Å². The molecular weight excluding hydrogens is 344 g/mol. The van der Waals surface area contributed by atoms with Crippen LogP contribution in [-0.2, 0) is 9.47 Å². The van der Waals surface area contributed by atoms with Gasteiger partial charge in [0.2, 0.25) is 0 Å². The van der Waals surface area contributed by atoms with Crippen molar-refractivity contribution in [3.8, 4) is 0 Å². The minimum absolute atomic E-state index is 0.337. The van der Waals surface area contributed by atoms with Crippen LogP contribution in [0.15, 0.2) is 12.4 Å². The first-order valence-electron chi connectivity index (χ1n) is 9.78.